The molecule has 4 heteroatoms. The van der Waals surface area contributed by atoms with Gasteiger partial charge in [0.05, 0.1) is 11.6 Å². The molecule has 0 amide bonds. The van der Waals surface area contributed by atoms with Crippen molar-refractivity contribution in [1.29, 1.82) is 0 Å². The highest BCUT2D eigenvalue weighted by Crippen LogP contribution is 2.39. The summed E-state index contributed by atoms with van der Waals surface area (Å²) in [7, 11) is 1.88. The summed E-state index contributed by atoms with van der Waals surface area (Å²) in [5.41, 5.74) is 2.97. The Kier molecular flexibility index (Phi) is 3.53. The number of fused-ring (bicyclic) bond motifs is 1. The predicted octanol–water partition coefficient (Wildman–Crippen LogP) is 2.61. The van der Waals surface area contributed by atoms with Crippen LogP contribution < -0.4 is 0 Å². The molecule has 4 nitrogen and oxygen atoms in total. The van der Waals surface area contributed by atoms with Crippen LogP contribution in [0.5, 0.6) is 0 Å². The fourth-order valence-corrected chi connectivity index (χ4v) is 3.29. The van der Waals surface area contributed by atoms with Gasteiger partial charge >= 0.3 is 5.97 Å². The van der Waals surface area contributed by atoms with Gasteiger partial charge in [-0.05, 0) is 48.8 Å². The lowest BCUT2D eigenvalue weighted by atomic mass is 9.69. The second kappa shape index (κ2) is 5.35. The maximum Gasteiger partial charge on any atom is 0.309 e. The Morgan fingerprint density at radius 3 is 2.81 bits per heavy atom. The van der Waals surface area contributed by atoms with E-state index >= 15 is 0 Å². The first kappa shape index (κ1) is 13.9. The van der Waals surface area contributed by atoms with E-state index in [0.717, 1.165) is 24.8 Å². The molecule has 1 heterocycles. The van der Waals surface area contributed by atoms with Crippen LogP contribution in [0.25, 0.3) is 0 Å². The Hall–Kier alpha value is -2.10. The fraction of sp³-hybridized carbons (Fsp3) is 0.412. The standard InChI is InChI=1S/C17H20N2O2/c1-19-12-13(11-18-19)6-8-17(16(20)21)9-7-14-4-2-3-5-15(14)10-17/h2-5,11-12H,6-10H2,1H3,(H,20,21). The molecule has 0 bridgehead atoms. The molecule has 1 aromatic carbocycles. The third-order valence-corrected chi connectivity index (χ3v) is 4.62. The normalized spacial score (nSPS) is 21.0. The van der Waals surface area contributed by atoms with Gasteiger partial charge in [0.15, 0.2) is 0 Å². The van der Waals surface area contributed by atoms with Gasteiger partial charge in [0.1, 0.15) is 0 Å². The largest absolute Gasteiger partial charge is 0.481 e. The molecule has 110 valence electrons. The molecule has 0 fully saturated rings. The van der Waals surface area contributed by atoms with E-state index in [1.54, 1.807) is 4.68 Å². The molecule has 0 saturated heterocycles. The molecule has 1 aliphatic carbocycles. The lowest BCUT2D eigenvalue weighted by Gasteiger charge is -2.34. The highest BCUT2D eigenvalue weighted by atomic mass is 16.4. The average Bonchev–Trinajstić information content (AvgIpc) is 2.90. The number of aromatic nitrogens is 2. The molecule has 1 aliphatic rings. The SMILES string of the molecule is Cn1cc(CCC2(C(=O)O)CCc3ccccc3C2)cn1. The molecule has 1 unspecified atom stereocenters. The Balaban J connectivity index is 1.80. The number of nitrogens with zero attached hydrogens (tertiary/aromatic N) is 2. The minimum Gasteiger partial charge on any atom is -0.481 e. The number of aliphatic carboxylic acids is 1. The summed E-state index contributed by atoms with van der Waals surface area (Å²) in [6.45, 7) is 0. The molecular formula is C17H20N2O2. The van der Waals surface area contributed by atoms with Crippen molar-refractivity contribution < 1.29 is 9.90 Å². The van der Waals surface area contributed by atoms with E-state index in [2.05, 4.69) is 17.2 Å². The minimum absolute atomic E-state index is 0.635. The molecule has 1 atom stereocenters. The van der Waals surface area contributed by atoms with Gasteiger partial charge in [-0.15, -0.1) is 0 Å². The molecule has 21 heavy (non-hydrogen) atoms. The van der Waals surface area contributed by atoms with E-state index in [1.165, 1.54) is 11.1 Å². The first-order valence-corrected chi connectivity index (χ1v) is 7.37. The fourth-order valence-electron chi connectivity index (χ4n) is 3.29. The highest BCUT2D eigenvalue weighted by Gasteiger charge is 2.40. The molecule has 0 spiro atoms. The summed E-state index contributed by atoms with van der Waals surface area (Å²) >= 11 is 0. The highest BCUT2D eigenvalue weighted by molar-refractivity contribution is 5.75. The first-order chi connectivity index (χ1) is 10.1. The van der Waals surface area contributed by atoms with Crippen LogP contribution in [0.4, 0.5) is 0 Å². The second-order valence-corrected chi connectivity index (χ2v) is 6.05. The van der Waals surface area contributed by atoms with E-state index < -0.39 is 11.4 Å². The molecule has 1 N–H and O–H groups in total. The van der Waals surface area contributed by atoms with Gasteiger partial charge in [0, 0.05) is 13.2 Å². The summed E-state index contributed by atoms with van der Waals surface area (Å²) in [5.74, 6) is -0.666. The van der Waals surface area contributed by atoms with Crippen molar-refractivity contribution in [1.82, 2.24) is 9.78 Å². The topological polar surface area (TPSA) is 55.1 Å². The summed E-state index contributed by atoms with van der Waals surface area (Å²) < 4.78 is 1.76. The molecular weight excluding hydrogens is 264 g/mol. The minimum atomic E-state index is -0.666. The van der Waals surface area contributed by atoms with E-state index in [9.17, 15) is 9.90 Å². The molecule has 2 aromatic rings. The maximum absolute atomic E-state index is 11.9. The van der Waals surface area contributed by atoms with Crippen molar-refractivity contribution in [3.8, 4) is 0 Å². The van der Waals surface area contributed by atoms with Gasteiger partial charge in [-0.2, -0.15) is 5.10 Å². The number of carbonyl (C=O) groups is 1. The van der Waals surface area contributed by atoms with E-state index in [-0.39, 0.29) is 0 Å². The zero-order chi connectivity index (χ0) is 14.9. The van der Waals surface area contributed by atoms with Gasteiger partial charge in [-0.1, -0.05) is 24.3 Å². The van der Waals surface area contributed by atoms with Crippen molar-refractivity contribution in [3.05, 3.63) is 53.3 Å². The zero-order valence-corrected chi connectivity index (χ0v) is 12.2. The predicted molar refractivity (Wildman–Crippen MR) is 80.1 cm³/mol. The van der Waals surface area contributed by atoms with Crippen LogP contribution in [-0.2, 0) is 31.1 Å². The molecule has 0 saturated carbocycles. The Labute approximate surface area is 124 Å². The number of carboxylic acid groups (broad SMARTS) is 1. The molecule has 0 aliphatic heterocycles. The van der Waals surface area contributed by atoms with E-state index in [0.29, 0.717) is 12.8 Å². The Morgan fingerprint density at radius 1 is 1.38 bits per heavy atom. The summed E-state index contributed by atoms with van der Waals surface area (Å²) in [6, 6.07) is 8.21. The van der Waals surface area contributed by atoms with Crippen LogP contribution in [0, 0.1) is 5.41 Å². The van der Waals surface area contributed by atoms with Gasteiger partial charge in [-0.25, -0.2) is 0 Å². The third kappa shape index (κ3) is 2.71. The van der Waals surface area contributed by atoms with E-state index in [4.69, 9.17) is 0 Å². The van der Waals surface area contributed by atoms with Gasteiger partial charge < -0.3 is 5.11 Å². The number of hydrogen-bond acceptors (Lipinski definition) is 2. The lowest BCUT2D eigenvalue weighted by Crippen LogP contribution is -2.37. The van der Waals surface area contributed by atoms with Crippen LogP contribution in [0.3, 0.4) is 0 Å². The number of hydrogen-bond donors (Lipinski definition) is 1. The maximum atomic E-state index is 11.9. The number of rotatable bonds is 4. The van der Waals surface area contributed by atoms with Crippen molar-refractivity contribution >= 4 is 5.97 Å². The molecule has 0 radical (unpaired) electrons. The molecule has 1 aromatic heterocycles. The average molecular weight is 284 g/mol. The van der Waals surface area contributed by atoms with Crippen LogP contribution in [0.15, 0.2) is 36.7 Å². The van der Waals surface area contributed by atoms with Crippen LogP contribution in [0.2, 0.25) is 0 Å². The smallest absolute Gasteiger partial charge is 0.309 e. The quantitative estimate of drug-likeness (QED) is 0.939. The van der Waals surface area contributed by atoms with Crippen molar-refractivity contribution in [3.63, 3.8) is 0 Å². The van der Waals surface area contributed by atoms with Crippen LogP contribution in [0.1, 0.15) is 29.5 Å². The first-order valence-electron chi connectivity index (χ1n) is 7.37. The zero-order valence-electron chi connectivity index (χ0n) is 12.2. The summed E-state index contributed by atoms with van der Waals surface area (Å²) in [5, 5.41) is 13.9. The monoisotopic (exact) mass is 284 g/mol. The van der Waals surface area contributed by atoms with Crippen molar-refractivity contribution in [2.45, 2.75) is 32.1 Å². The van der Waals surface area contributed by atoms with Gasteiger partial charge in [0.2, 0.25) is 0 Å². The van der Waals surface area contributed by atoms with Crippen molar-refractivity contribution in [2.75, 3.05) is 0 Å². The number of carboxylic acids is 1. The van der Waals surface area contributed by atoms with Crippen LogP contribution in [-0.4, -0.2) is 20.9 Å². The van der Waals surface area contributed by atoms with Gasteiger partial charge in [-0.3, -0.25) is 9.48 Å². The Bertz CT molecular complexity index is 662. The summed E-state index contributed by atoms with van der Waals surface area (Å²) in [6.07, 6.45) is 7.44. The van der Waals surface area contributed by atoms with Crippen molar-refractivity contribution in [2.24, 2.45) is 12.5 Å². The third-order valence-electron chi connectivity index (χ3n) is 4.62. The van der Waals surface area contributed by atoms with E-state index in [1.807, 2.05) is 31.6 Å². The summed E-state index contributed by atoms with van der Waals surface area (Å²) in [4.78, 5) is 11.9. The van der Waals surface area contributed by atoms with Gasteiger partial charge in [0.25, 0.3) is 0 Å². The Morgan fingerprint density at radius 2 is 2.14 bits per heavy atom. The lowest BCUT2D eigenvalue weighted by molar-refractivity contribution is -0.150. The van der Waals surface area contributed by atoms with Crippen LogP contribution >= 0.6 is 0 Å². The number of benzene rings is 1. The second-order valence-electron chi connectivity index (χ2n) is 6.05. The molecule has 3 rings (SSSR count). The number of aryl methyl sites for hydroxylation is 3.